The van der Waals surface area contributed by atoms with Gasteiger partial charge in [0.2, 0.25) is 6.29 Å². The summed E-state index contributed by atoms with van der Waals surface area (Å²) in [5.74, 6) is -1.01. The molecule has 0 fully saturated rings. The molecule has 0 amide bonds. The van der Waals surface area contributed by atoms with Gasteiger partial charge in [-0.1, -0.05) is 0 Å². The minimum absolute atomic E-state index is 0.419. The van der Waals surface area contributed by atoms with E-state index in [1.54, 1.807) is 0 Å². The van der Waals surface area contributed by atoms with E-state index in [2.05, 4.69) is 0 Å². The largest absolute Gasteiger partial charge is 0.416 e. The lowest BCUT2D eigenvalue weighted by molar-refractivity contribution is -0.137. The molecule has 1 rings (SSSR count). The van der Waals surface area contributed by atoms with Crippen molar-refractivity contribution in [3.63, 3.8) is 0 Å². The van der Waals surface area contributed by atoms with Gasteiger partial charge in [-0.3, -0.25) is 4.79 Å². The molecule has 5 heteroatoms. The molecule has 13 heavy (non-hydrogen) atoms. The van der Waals surface area contributed by atoms with Crippen LogP contribution in [0.2, 0.25) is 0 Å². The minimum atomic E-state index is -4.57. The van der Waals surface area contributed by atoms with Crippen LogP contribution in [0.5, 0.6) is 0 Å². The van der Waals surface area contributed by atoms with Crippen LogP contribution in [0.15, 0.2) is 18.2 Å². The number of benzene rings is 1. The van der Waals surface area contributed by atoms with Gasteiger partial charge in [-0.15, -0.1) is 0 Å². The maximum atomic E-state index is 12.5. The summed E-state index contributed by atoms with van der Waals surface area (Å²) in [6, 6.07) is 1.57. The Morgan fingerprint density at radius 1 is 1.23 bits per heavy atom. The van der Waals surface area contributed by atoms with E-state index in [4.69, 9.17) is 0 Å². The Labute approximate surface area is 71.0 Å². The van der Waals surface area contributed by atoms with Crippen LogP contribution < -0.4 is 0 Å². The average molecular weight is 191 g/mol. The van der Waals surface area contributed by atoms with Gasteiger partial charge in [0.05, 0.1) is 11.1 Å². The van der Waals surface area contributed by atoms with Gasteiger partial charge in [0, 0.05) is 0 Å². The lowest BCUT2D eigenvalue weighted by Crippen LogP contribution is -2.06. The molecule has 0 aliphatic heterocycles. The third-order valence-electron chi connectivity index (χ3n) is 1.40. The van der Waals surface area contributed by atoms with Gasteiger partial charge in [0.25, 0.3) is 0 Å². The van der Waals surface area contributed by atoms with Gasteiger partial charge in [-0.05, 0) is 18.2 Å². The second kappa shape index (κ2) is 3.16. The van der Waals surface area contributed by atoms with Crippen molar-refractivity contribution in [2.75, 3.05) is 0 Å². The van der Waals surface area contributed by atoms with E-state index in [1.807, 2.05) is 0 Å². The fourth-order valence-corrected chi connectivity index (χ4v) is 0.780. The van der Waals surface area contributed by atoms with E-state index in [1.165, 1.54) is 0 Å². The van der Waals surface area contributed by atoms with Gasteiger partial charge in [0.15, 0.2) is 0 Å². The Morgan fingerprint density at radius 2 is 1.85 bits per heavy atom. The van der Waals surface area contributed by atoms with Crippen LogP contribution in [0.25, 0.3) is 0 Å². The van der Waals surface area contributed by atoms with Gasteiger partial charge in [-0.25, -0.2) is 4.39 Å². The second-order valence-corrected chi connectivity index (χ2v) is 2.29. The first-order valence-corrected chi connectivity index (χ1v) is 3.20. The predicted molar refractivity (Wildman–Crippen MR) is 36.2 cm³/mol. The van der Waals surface area contributed by atoms with E-state index < -0.39 is 23.1 Å². The fraction of sp³-hybridized carbons (Fsp3) is 0.125. The number of alkyl halides is 3. The van der Waals surface area contributed by atoms with Crippen molar-refractivity contribution in [1.82, 2.24) is 0 Å². The Morgan fingerprint density at radius 3 is 2.31 bits per heavy atom. The molecule has 0 saturated carbocycles. The van der Waals surface area contributed by atoms with Gasteiger partial charge >= 0.3 is 6.18 Å². The summed E-state index contributed by atoms with van der Waals surface area (Å²) in [4.78, 5) is 9.97. The average Bonchev–Trinajstić information content (AvgIpc) is 2.03. The van der Waals surface area contributed by atoms with Crippen LogP contribution in [0.1, 0.15) is 11.1 Å². The summed E-state index contributed by atoms with van der Waals surface area (Å²) in [5.41, 5.74) is -1.78. The highest BCUT2D eigenvalue weighted by Gasteiger charge is 2.31. The highest BCUT2D eigenvalue weighted by Crippen LogP contribution is 2.29. The van der Waals surface area contributed by atoms with Crippen LogP contribution in [0.3, 0.4) is 0 Å². The van der Waals surface area contributed by atoms with E-state index in [0.717, 1.165) is 6.29 Å². The summed E-state index contributed by atoms with van der Waals surface area (Å²) >= 11 is 0. The van der Waals surface area contributed by atoms with Crippen molar-refractivity contribution in [3.8, 4) is 0 Å². The van der Waals surface area contributed by atoms with Crippen molar-refractivity contribution in [2.45, 2.75) is 6.18 Å². The molecule has 0 saturated heterocycles. The normalized spacial score (nSPS) is 11.4. The summed E-state index contributed by atoms with van der Waals surface area (Å²) < 4.78 is 48.5. The van der Waals surface area contributed by atoms with Crippen LogP contribution >= 0.6 is 0 Å². The molecular formula is C8H3F4O. The molecule has 0 heterocycles. The maximum Gasteiger partial charge on any atom is 0.416 e. The number of hydrogen-bond donors (Lipinski definition) is 0. The van der Waals surface area contributed by atoms with Gasteiger partial charge < -0.3 is 0 Å². The Bertz CT molecular complexity index is 329. The van der Waals surface area contributed by atoms with Crippen molar-refractivity contribution in [1.29, 1.82) is 0 Å². The van der Waals surface area contributed by atoms with Crippen molar-refractivity contribution in [3.05, 3.63) is 35.1 Å². The Hall–Kier alpha value is -1.39. The molecule has 1 aromatic rings. The van der Waals surface area contributed by atoms with Crippen LogP contribution in [-0.2, 0) is 11.0 Å². The SMILES string of the molecule is O=[C]c1cc(C(F)(F)F)ccc1F. The molecule has 0 aromatic heterocycles. The number of rotatable bonds is 1. The van der Waals surface area contributed by atoms with Crippen LogP contribution in [0.4, 0.5) is 17.6 Å². The molecule has 1 nitrogen and oxygen atoms in total. The molecule has 0 N–H and O–H groups in total. The lowest BCUT2D eigenvalue weighted by Gasteiger charge is -2.06. The third-order valence-corrected chi connectivity index (χ3v) is 1.40. The zero-order valence-electron chi connectivity index (χ0n) is 6.15. The Balaban J connectivity index is 3.21. The molecule has 1 aromatic carbocycles. The minimum Gasteiger partial charge on any atom is -0.285 e. The zero-order chi connectivity index (χ0) is 10.1. The highest BCUT2D eigenvalue weighted by atomic mass is 19.4. The van der Waals surface area contributed by atoms with Crippen molar-refractivity contribution in [2.24, 2.45) is 0 Å². The number of hydrogen-bond acceptors (Lipinski definition) is 1. The van der Waals surface area contributed by atoms with E-state index in [0.29, 0.717) is 18.2 Å². The molecule has 1 radical (unpaired) electrons. The maximum absolute atomic E-state index is 12.5. The molecule has 0 bridgehead atoms. The quantitative estimate of drug-likeness (QED) is 0.622. The zero-order valence-corrected chi connectivity index (χ0v) is 6.15. The standard InChI is InChI=1S/C8H3F4O/c9-7-2-1-6(8(10,11)12)3-5(7)4-13/h1-3H. The summed E-state index contributed by atoms with van der Waals surface area (Å²) in [6.07, 6.45) is -3.49. The fourth-order valence-electron chi connectivity index (χ4n) is 0.780. The topological polar surface area (TPSA) is 17.1 Å². The van der Waals surface area contributed by atoms with Crippen LogP contribution in [-0.4, -0.2) is 6.29 Å². The highest BCUT2D eigenvalue weighted by molar-refractivity contribution is 5.76. The Kier molecular flexibility index (Phi) is 2.36. The number of halogens is 4. The lowest BCUT2D eigenvalue weighted by atomic mass is 10.1. The molecule has 0 aliphatic carbocycles. The van der Waals surface area contributed by atoms with Gasteiger partial charge in [0.1, 0.15) is 5.82 Å². The first-order valence-electron chi connectivity index (χ1n) is 3.20. The first-order chi connectivity index (χ1) is 5.95. The number of carbonyl (C=O) groups excluding carboxylic acids is 1. The monoisotopic (exact) mass is 191 g/mol. The van der Waals surface area contributed by atoms with E-state index in [9.17, 15) is 22.4 Å². The predicted octanol–water partition coefficient (Wildman–Crippen LogP) is 2.30. The second-order valence-electron chi connectivity index (χ2n) is 2.29. The summed E-state index contributed by atoms with van der Waals surface area (Å²) in [5, 5.41) is 0. The first kappa shape index (κ1) is 9.70. The molecule has 69 valence electrons. The van der Waals surface area contributed by atoms with Crippen molar-refractivity contribution >= 4 is 6.29 Å². The molecule has 0 aliphatic rings. The van der Waals surface area contributed by atoms with Crippen LogP contribution in [0, 0.1) is 5.82 Å². The van der Waals surface area contributed by atoms with E-state index in [-0.39, 0.29) is 0 Å². The van der Waals surface area contributed by atoms with Gasteiger partial charge in [-0.2, -0.15) is 13.2 Å². The molecule has 0 unspecified atom stereocenters. The smallest absolute Gasteiger partial charge is 0.285 e. The van der Waals surface area contributed by atoms with E-state index >= 15 is 0 Å². The summed E-state index contributed by atoms with van der Waals surface area (Å²) in [6.45, 7) is 0. The van der Waals surface area contributed by atoms with Crippen molar-refractivity contribution < 1.29 is 22.4 Å². The molecule has 0 atom stereocenters. The molecular weight excluding hydrogens is 188 g/mol. The third kappa shape index (κ3) is 2.05. The summed E-state index contributed by atoms with van der Waals surface area (Å²) in [7, 11) is 0. The molecule has 0 spiro atoms.